The van der Waals surface area contributed by atoms with E-state index in [1.165, 1.54) is 18.2 Å². The van der Waals surface area contributed by atoms with Crippen LogP contribution in [0.5, 0.6) is 5.75 Å². The molecule has 0 aliphatic carbocycles. The van der Waals surface area contributed by atoms with Gasteiger partial charge in [-0.2, -0.15) is 18.3 Å². The molecule has 6 nitrogen and oxygen atoms in total. The molecule has 3 aromatic rings. The highest BCUT2D eigenvalue weighted by atomic mass is 35.5. The molecule has 0 atom stereocenters. The highest BCUT2D eigenvalue weighted by molar-refractivity contribution is 6.32. The summed E-state index contributed by atoms with van der Waals surface area (Å²) >= 11 is 5.92. The molecule has 0 bridgehead atoms. The van der Waals surface area contributed by atoms with Gasteiger partial charge in [0.15, 0.2) is 11.4 Å². The zero-order valence-electron chi connectivity index (χ0n) is 11.6. The molecule has 0 unspecified atom stereocenters. The van der Waals surface area contributed by atoms with E-state index in [1.807, 2.05) is 0 Å². The van der Waals surface area contributed by atoms with E-state index in [0.717, 1.165) is 18.7 Å². The normalized spacial score (nSPS) is 11.5. The van der Waals surface area contributed by atoms with Crippen LogP contribution < -0.4 is 4.74 Å². The first-order valence-corrected chi connectivity index (χ1v) is 6.77. The minimum atomic E-state index is -4.83. The van der Waals surface area contributed by atoms with E-state index in [-0.39, 0.29) is 16.3 Å². The summed E-state index contributed by atoms with van der Waals surface area (Å²) < 4.78 is 50.1. The van der Waals surface area contributed by atoms with Crippen LogP contribution >= 0.6 is 11.6 Å². The lowest BCUT2D eigenvalue weighted by atomic mass is 10.3. The number of esters is 1. The second kappa shape index (κ2) is 6.00. The number of hydrogen-bond acceptors (Lipinski definition) is 5. The molecule has 24 heavy (non-hydrogen) atoms. The van der Waals surface area contributed by atoms with Gasteiger partial charge in [-0.25, -0.2) is 9.48 Å². The van der Waals surface area contributed by atoms with Crippen molar-refractivity contribution >= 4 is 17.6 Å². The summed E-state index contributed by atoms with van der Waals surface area (Å²) in [6, 6.07) is 5.85. The van der Waals surface area contributed by atoms with Crippen molar-refractivity contribution in [1.82, 2.24) is 14.9 Å². The van der Waals surface area contributed by atoms with Crippen LogP contribution in [-0.4, -0.2) is 20.9 Å². The molecule has 0 fully saturated rings. The van der Waals surface area contributed by atoms with Crippen LogP contribution in [0.1, 0.15) is 16.1 Å². The van der Waals surface area contributed by atoms with E-state index in [0.29, 0.717) is 4.68 Å². The summed E-state index contributed by atoms with van der Waals surface area (Å²) in [6.07, 6.45) is -2.07. The monoisotopic (exact) mass is 357 g/mol. The Kier molecular flexibility index (Phi) is 4.02. The zero-order chi connectivity index (χ0) is 17.3. The van der Waals surface area contributed by atoms with Gasteiger partial charge < -0.3 is 9.26 Å². The number of halogens is 4. The summed E-state index contributed by atoms with van der Waals surface area (Å²) in [4.78, 5) is 11.8. The number of ether oxygens (including phenoxy) is 1. The maximum Gasteiger partial charge on any atom is 0.437 e. The Morgan fingerprint density at radius 2 is 2.00 bits per heavy atom. The van der Waals surface area contributed by atoms with Gasteiger partial charge in [0.1, 0.15) is 11.8 Å². The van der Waals surface area contributed by atoms with Crippen molar-refractivity contribution in [3.8, 4) is 11.4 Å². The Hall–Kier alpha value is -2.81. The number of hydrogen-bond donors (Lipinski definition) is 0. The van der Waals surface area contributed by atoms with Crippen molar-refractivity contribution in [2.45, 2.75) is 6.18 Å². The molecule has 3 rings (SSSR count). The molecule has 2 heterocycles. The van der Waals surface area contributed by atoms with Crippen LogP contribution in [-0.2, 0) is 6.18 Å². The number of alkyl halides is 3. The molecule has 0 N–H and O–H groups in total. The molecule has 1 aromatic carbocycles. The average molecular weight is 358 g/mol. The van der Waals surface area contributed by atoms with Gasteiger partial charge in [0, 0.05) is 0 Å². The van der Waals surface area contributed by atoms with Crippen molar-refractivity contribution in [3.05, 3.63) is 59.2 Å². The Morgan fingerprint density at radius 3 is 2.62 bits per heavy atom. The molecule has 0 radical (unpaired) electrons. The van der Waals surface area contributed by atoms with Crippen molar-refractivity contribution in [1.29, 1.82) is 0 Å². The second-order valence-corrected chi connectivity index (χ2v) is 4.93. The van der Waals surface area contributed by atoms with Crippen LogP contribution in [0, 0.1) is 0 Å². The predicted molar refractivity (Wildman–Crippen MR) is 75.0 cm³/mol. The number of nitrogens with zero attached hydrogens (tertiary/aromatic N) is 3. The molecular weight excluding hydrogens is 351 g/mol. The van der Waals surface area contributed by atoms with E-state index in [9.17, 15) is 18.0 Å². The fourth-order valence-electron chi connectivity index (χ4n) is 1.94. The maximum absolute atomic E-state index is 13.4. The summed E-state index contributed by atoms with van der Waals surface area (Å²) in [5.41, 5.74) is -1.40. The van der Waals surface area contributed by atoms with Crippen LogP contribution in [0.15, 0.2) is 47.4 Å². The lowest BCUT2D eigenvalue weighted by molar-refractivity contribution is -0.143. The summed E-state index contributed by atoms with van der Waals surface area (Å²) in [5.74, 6) is -1.81. The Morgan fingerprint density at radius 1 is 1.25 bits per heavy atom. The maximum atomic E-state index is 13.4. The van der Waals surface area contributed by atoms with E-state index in [1.54, 1.807) is 6.07 Å². The molecule has 0 saturated heterocycles. The first-order valence-electron chi connectivity index (χ1n) is 6.39. The zero-order valence-corrected chi connectivity index (χ0v) is 12.4. The first-order chi connectivity index (χ1) is 11.4. The lowest BCUT2D eigenvalue weighted by Crippen LogP contribution is -2.17. The standard InChI is InChI=1S/C14H7ClF3N3O3/c15-9-3-1-2-4-10(9)21-12(14(16,17)18)11(6-19-21)24-13(22)8-5-20-23-7-8/h1-7H. The van der Waals surface area contributed by atoms with Gasteiger partial charge >= 0.3 is 12.1 Å². The summed E-state index contributed by atoms with van der Waals surface area (Å²) in [7, 11) is 0. The topological polar surface area (TPSA) is 70.2 Å². The van der Waals surface area contributed by atoms with Crippen molar-refractivity contribution < 1.29 is 27.2 Å². The Labute approximate surface area is 137 Å². The quantitative estimate of drug-likeness (QED) is 0.668. The third kappa shape index (κ3) is 2.98. The van der Waals surface area contributed by atoms with E-state index >= 15 is 0 Å². The van der Waals surface area contributed by atoms with Crippen LogP contribution in [0.2, 0.25) is 5.02 Å². The smallest absolute Gasteiger partial charge is 0.419 e. The molecule has 0 amide bonds. The van der Waals surface area contributed by atoms with E-state index < -0.39 is 23.6 Å². The third-order valence-corrected chi connectivity index (χ3v) is 3.28. The molecule has 0 spiro atoms. The Balaban J connectivity index is 2.05. The van der Waals surface area contributed by atoms with E-state index in [2.05, 4.69) is 14.8 Å². The van der Waals surface area contributed by atoms with Gasteiger partial charge in [0.2, 0.25) is 0 Å². The summed E-state index contributed by atoms with van der Waals surface area (Å²) in [5, 5.41) is 6.99. The molecular formula is C14H7ClF3N3O3. The number of carbonyl (C=O) groups excluding carboxylic acids is 1. The SMILES string of the molecule is O=C(Oc1cnn(-c2ccccc2Cl)c1C(F)(F)F)c1cnoc1. The fraction of sp³-hybridized carbons (Fsp3) is 0.0714. The van der Waals surface area contributed by atoms with Gasteiger partial charge in [0.25, 0.3) is 0 Å². The molecule has 0 aliphatic heterocycles. The molecule has 0 aliphatic rings. The Bertz CT molecular complexity index is 875. The predicted octanol–water partition coefficient (Wildman–Crippen LogP) is 3.75. The molecule has 0 saturated carbocycles. The van der Waals surface area contributed by atoms with Gasteiger partial charge in [-0.15, -0.1) is 0 Å². The molecule has 124 valence electrons. The van der Waals surface area contributed by atoms with Crippen LogP contribution in [0.4, 0.5) is 13.2 Å². The number of aromatic nitrogens is 3. The van der Waals surface area contributed by atoms with Crippen molar-refractivity contribution in [2.75, 3.05) is 0 Å². The van der Waals surface area contributed by atoms with Gasteiger partial charge in [0.05, 0.1) is 23.1 Å². The molecule has 10 heteroatoms. The van der Waals surface area contributed by atoms with Crippen LogP contribution in [0.3, 0.4) is 0 Å². The lowest BCUT2D eigenvalue weighted by Gasteiger charge is -2.13. The minimum Gasteiger partial charge on any atom is -0.419 e. The van der Waals surface area contributed by atoms with Gasteiger partial charge in [-0.05, 0) is 12.1 Å². The minimum absolute atomic E-state index is 0.00114. The summed E-state index contributed by atoms with van der Waals surface area (Å²) in [6.45, 7) is 0. The number of rotatable bonds is 3. The highest BCUT2D eigenvalue weighted by Gasteiger charge is 2.41. The fourth-order valence-corrected chi connectivity index (χ4v) is 2.15. The number of carbonyl (C=O) groups is 1. The first kappa shape index (κ1) is 16.1. The van der Waals surface area contributed by atoms with Crippen molar-refractivity contribution in [3.63, 3.8) is 0 Å². The van der Waals surface area contributed by atoms with Crippen molar-refractivity contribution in [2.24, 2.45) is 0 Å². The van der Waals surface area contributed by atoms with Gasteiger partial charge in [-0.3, -0.25) is 0 Å². The number of para-hydroxylation sites is 1. The average Bonchev–Trinajstić information content (AvgIpc) is 3.16. The van der Waals surface area contributed by atoms with Crippen LogP contribution in [0.25, 0.3) is 5.69 Å². The van der Waals surface area contributed by atoms with E-state index in [4.69, 9.17) is 16.3 Å². The second-order valence-electron chi connectivity index (χ2n) is 4.52. The third-order valence-electron chi connectivity index (χ3n) is 2.96. The van der Waals surface area contributed by atoms with Gasteiger partial charge in [-0.1, -0.05) is 28.9 Å². The number of benzene rings is 1. The molecule has 2 aromatic heterocycles. The largest absolute Gasteiger partial charge is 0.437 e. The highest BCUT2D eigenvalue weighted by Crippen LogP contribution is 2.38.